The zero-order valence-corrected chi connectivity index (χ0v) is 17.8. The lowest BCUT2D eigenvalue weighted by Crippen LogP contribution is -2.55. The van der Waals surface area contributed by atoms with Gasteiger partial charge in [0.15, 0.2) is 0 Å². The third-order valence-electron chi connectivity index (χ3n) is 9.44. The summed E-state index contributed by atoms with van der Waals surface area (Å²) in [4.78, 5) is 3.42. The first kappa shape index (κ1) is 16.8. The van der Waals surface area contributed by atoms with Crippen LogP contribution in [0.15, 0.2) is 72.9 Å². The molecular formula is C30H27N. The van der Waals surface area contributed by atoms with Crippen molar-refractivity contribution in [1.82, 2.24) is 4.98 Å². The second kappa shape index (κ2) is 5.71. The smallest absolute Gasteiger partial charge is 0.0460 e. The predicted molar refractivity (Wildman–Crippen MR) is 127 cm³/mol. The van der Waals surface area contributed by atoms with E-state index in [2.05, 4.69) is 71.7 Å². The highest BCUT2D eigenvalue weighted by Crippen LogP contribution is 2.69. The van der Waals surface area contributed by atoms with Crippen LogP contribution in [0.5, 0.6) is 0 Å². The van der Waals surface area contributed by atoms with Crippen molar-refractivity contribution in [3.8, 4) is 22.3 Å². The Kier molecular flexibility index (Phi) is 3.10. The van der Waals surface area contributed by atoms with E-state index in [4.69, 9.17) is 0 Å². The van der Waals surface area contributed by atoms with Crippen molar-refractivity contribution in [2.24, 2.45) is 23.7 Å². The lowest BCUT2D eigenvalue weighted by atomic mass is 9.43. The number of aromatic amines is 1. The van der Waals surface area contributed by atoms with Gasteiger partial charge in [-0.25, -0.2) is 0 Å². The van der Waals surface area contributed by atoms with Crippen molar-refractivity contribution in [1.29, 1.82) is 0 Å². The average Bonchev–Trinajstić information content (AvgIpc) is 3.38. The fourth-order valence-electron chi connectivity index (χ4n) is 8.66. The fourth-order valence-corrected chi connectivity index (χ4v) is 8.66. The number of aromatic nitrogens is 1. The molecule has 1 heterocycles. The summed E-state index contributed by atoms with van der Waals surface area (Å²) in [7, 11) is 0. The maximum Gasteiger partial charge on any atom is 0.0460 e. The fraction of sp³-hybridized carbons (Fsp3) is 0.333. The Hall–Kier alpha value is -2.80. The Labute approximate surface area is 183 Å². The van der Waals surface area contributed by atoms with Gasteiger partial charge in [-0.05, 0) is 107 Å². The highest BCUT2D eigenvalue weighted by atomic mass is 14.7. The summed E-state index contributed by atoms with van der Waals surface area (Å²) >= 11 is 0. The van der Waals surface area contributed by atoms with Crippen LogP contribution < -0.4 is 0 Å². The number of hydrogen-bond acceptors (Lipinski definition) is 0. The Bertz CT molecular complexity index is 1330. The SMILES string of the molecule is c1ccc2c(c1)-c1c(-c3ccc4cc[nH]c4c3)cccc1C21C2CC3CC(C2)CC1C3. The number of nitrogens with one attached hydrogen (secondary N) is 1. The zero-order valence-electron chi connectivity index (χ0n) is 17.8. The van der Waals surface area contributed by atoms with E-state index in [-0.39, 0.29) is 5.41 Å². The Morgan fingerprint density at radius 1 is 0.677 bits per heavy atom. The molecule has 31 heavy (non-hydrogen) atoms. The number of fused-ring (bicyclic) bond motifs is 4. The molecule has 0 saturated heterocycles. The molecule has 4 aromatic rings. The van der Waals surface area contributed by atoms with Crippen LogP contribution in [0.4, 0.5) is 0 Å². The van der Waals surface area contributed by atoms with Crippen molar-refractivity contribution < 1.29 is 0 Å². The standard InChI is InChI=1S/C30H27N/c1-2-6-26-25(4-1)29-24(21-9-8-20-10-11-31-28(20)17-21)5-3-7-27(29)30(26)22-13-18-12-19(15-22)16-23(30)14-18/h1-11,17-19,22-23,31H,12-16H2. The van der Waals surface area contributed by atoms with E-state index in [1.807, 2.05) is 6.20 Å². The van der Waals surface area contributed by atoms with Gasteiger partial charge in [0.05, 0.1) is 0 Å². The van der Waals surface area contributed by atoms with E-state index in [0.29, 0.717) is 0 Å². The van der Waals surface area contributed by atoms with Crippen molar-refractivity contribution in [2.75, 3.05) is 0 Å². The van der Waals surface area contributed by atoms with Gasteiger partial charge in [-0.15, -0.1) is 0 Å². The molecule has 3 aromatic carbocycles. The molecule has 0 radical (unpaired) electrons. The molecule has 1 N–H and O–H groups in total. The largest absolute Gasteiger partial charge is 0.361 e. The van der Waals surface area contributed by atoms with Crippen molar-refractivity contribution in [2.45, 2.75) is 37.5 Å². The molecule has 0 amide bonds. The van der Waals surface area contributed by atoms with Crippen LogP contribution in [-0.4, -0.2) is 4.98 Å². The average molecular weight is 402 g/mol. The monoisotopic (exact) mass is 401 g/mol. The predicted octanol–water partition coefficient (Wildman–Crippen LogP) is 7.56. The second-order valence-electron chi connectivity index (χ2n) is 10.7. The van der Waals surface area contributed by atoms with Gasteiger partial charge >= 0.3 is 0 Å². The van der Waals surface area contributed by atoms with E-state index in [0.717, 1.165) is 23.7 Å². The summed E-state index contributed by atoms with van der Waals surface area (Å²) in [6.07, 6.45) is 9.33. The van der Waals surface area contributed by atoms with Crippen LogP contribution >= 0.6 is 0 Å². The summed E-state index contributed by atoms with van der Waals surface area (Å²) < 4.78 is 0. The molecule has 0 atom stereocenters. The Morgan fingerprint density at radius 3 is 2.26 bits per heavy atom. The molecule has 0 aliphatic heterocycles. The van der Waals surface area contributed by atoms with E-state index < -0.39 is 0 Å². The lowest BCUT2D eigenvalue weighted by molar-refractivity contribution is -0.0399. The highest BCUT2D eigenvalue weighted by Gasteiger charge is 2.61. The van der Waals surface area contributed by atoms with Crippen LogP contribution in [-0.2, 0) is 5.41 Å². The molecule has 152 valence electrons. The number of hydrogen-bond donors (Lipinski definition) is 1. The number of benzene rings is 3. The van der Waals surface area contributed by atoms with Crippen molar-refractivity contribution in [3.05, 3.63) is 84.1 Å². The van der Waals surface area contributed by atoms with Crippen LogP contribution in [0.25, 0.3) is 33.2 Å². The Balaban J connectivity index is 1.42. The van der Waals surface area contributed by atoms with Crippen LogP contribution in [0.2, 0.25) is 0 Å². The van der Waals surface area contributed by atoms with Gasteiger partial charge in [0.2, 0.25) is 0 Å². The number of rotatable bonds is 1. The molecule has 4 saturated carbocycles. The normalized spacial score (nSPS) is 32.0. The Morgan fingerprint density at radius 2 is 1.42 bits per heavy atom. The minimum Gasteiger partial charge on any atom is -0.361 e. The third-order valence-corrected chi connectivity index (χ3v) is 9.44. The summed E-state index contributed by atoms with van der Waals surface area (Å²) in [6, 6.07) is 25.7. The highest BCUT2D eigenvalue weighted by molar-refractivity contribution is 5.95. The molecule has 0 unspecified atom stereocenters. The van der Waals surface area contributed by atoms with Gasteiger partial charge in [-0.3, -0.25) is 0 Å². The molecule has 1 nitrogen and oxygen atoms in total. The summed E-state index contributed by atoms with van der Waals surface area (Å²) in [6.45, 7) is 0. The summed E-state index contributed by atoms with van der Waals surface area (Å²) in [5.74, 6) is 3.63. The van der Waals surface area contributed by atoms with Crippen LogP contribution in [0.1, 0.15) is 43.2 Å². The molecule has 1 spiro atoms. The van der Waals surface area contributed by atoms with Crippen molar-refractivity contribution >= 4 is 10.9 Å². The van der Waals surface area contributed by atoms with E-state index in [1.165, 1.54) is 65.3 Å². The quantitative estimate of drug-likeness (QED) is 0.339. The molecule has 1 heteroatoms. The molecule has 1 aromatic heterocycles. The first-order valence-corrected chi connectivity index (χ1v) is 12.1. The molecule has 5 aliphatic carbocycles. The minimum absolute atomic E-state index is 0.256. The summed E-state index contributed by atoms with van der Waals surface area (Å²) in [5.41, 5.74) is 10.6. The number of H-pyrrole nitrogens is 1. The van der Waals surface area contributed by atoms with Gasteiger partial charge in [0, 0.05) is 17.1 Å². The van der Waals surface area contributed by atoms with Crippen LogP contribution in [0, 0.1) is 23.7 Å². The van der Waals surface area contributed by atoms with Gasteiger partial charge in [-0.1, -0.05) is 54.6 Å². The lowest BCUT2D eigenvalue weighted by Gasteiger charge is -2.61. The third kappa shape index (κ3) is 1.99. The molecule has 5 aliphatic rings. The van der Waals surface area contributed by atoms with Crippen molar-refractivity contribution in [3.63, 3.8) is 0 Å². The van der Waals surface area contributed by atoms with E-state index >= 15 is 0 Å². The van der Waals surface area contributed by atoms with Crippen LogP contribution in [0.3, 0.4) is 0 Å². The molecule has 4 bridgehead atoms. The maximum absolute atomic E-state index is 3.42. The maximum atomic E-state index is 3.42. The van der Waals surface area contributed by atoms with E-state index in [1.54, 1.807) is 11.1 Å². The first-order valence-electron chi connectivity index (χ1n) is 12.1. The topological polar surface area (TPSA) is 15.8 Å². The minimum atomic E-state index is 0.256. The van der Waals surface area contributed by atoms with Gasteiger partial charge in [-0.2, -0.15) is 0 Å². The zero-order chi connectivity index (χ0) is 20.2. The van der Waals surface area contributed by atoms with Gasteiger partial charge in [0.1, 0.15) is 0 Å². The van der Waals surface area contributed by atoms with E-state index in [9.17, 15) is 0 Å². The molecule has 4 fully saturated rings. The summed E-state index contributed by atoms with van der Waals surface area (Å²) in [5, 5.41) is 1.29. The second-order valence-corrected chi connectivity index (χ2v) is 10.7. The molecule has 9 rings (SSSR count). The van der Waals surface area contributed by atoms with Gasteiger partial charge in [0.25, 0.3) is 0 Å². The van der Waals surface area contributed by atoms with Gasteiger partial charge < -0.3 is 4.98 Å². The first-order chi connectivity index (χ1) is 15.3. The molecular weight excluding hydrogens is 374 g/mol.